The van der Waals surface area contributed by atoms with Crippen molar-refractivity contribution in [1.82, 2.24) is 13.9 Å². The van der Waals surface area contributed by atoms with Crippen LogP contribution in [0.1, 0.15) is 24.7 Å². The molecule has 5 nitrogen and oxygen atoms in total. The monoisotopic (exact) mass is 342 g/mol. The first-order valence-corrected chi connectivity index (χ1v) is 8.96. The summed E-state index contributed by atoms with van der Waals surface area (Å²) < 4.78 is 5.70. The van der Waals surface area contributed by atoms with E-state index >= 15 is 0 Å². The van der Waals surface area contributed by atoms with Gasteiger partial charge in [0.05, 0.1) is 11.4 Å². The lowest BCUT2D eigenvalue weighted by molar-refractivity contribution is 0.630. The zero-order chi connectivity index (χ0) is 17.3. The minimum Gasteiger partial charge on any atom is -0.321 e. The van der Waals surface area contributed by atoms with E-state index in [1.165, 1.54) is 5.69 Å². The van der Waals surface area contributed by atoms with E-state index in [0.717, 1.165) is 29.1 Å². The van der Waals surface area contributed by atoms with Gasteiger partial charge < -0.3 is 4.57 Å². The third kappa shape index (κ3) is 2.78. The molecule has 24 heavy (non-hydrogen) atoms. The second-order valence-electron chi connectivity index (χ2n) is 5.83. The zero-order valence-electron chi connectivity index (χ0n) is 14.5. The number of aromatic nitrogens is 3. The molecular formula is C18H22N4OS. The smallest absolute Gasteiger partial charge is 0.297 e. The van der Waals surface area contributed by atoms with E-state index in [0.29, 0.717) is 5.69 Å². The third-order valence-electron chi connectivity index (χ3n) is 4.17. The molecule has 0 aliphatic heterocycles. The molecule has 0 aliphatic rings. The maximum atomic E-state index is 12.9. The Balaban J connectivity index is 2.21. The largest absolute Gasteiger partial charge is 0.321 e. The molecule has 0 fully saturated rings. The van der Waals surface area contributed by atoms with Crippen molar-refractivity contribution in [3.63, 3.8) is 0 Å². The molecule has 0 aliphatic carbocycles. The molecule has 1 aromatic carbocycles. The van der Waals surface area contributed by atoms with Gasteiger partial charge >= 0.3 is 0 Å². The topological polar surface area (TPSA) is 44.2 Å². The van der Waals surface area contributed by atoms with Gasteiger partial charge in [-0.2, -0.15) is 0 Å². The summed E-state index contributed by atoms with van der Waals surface area (Å²) in [7, 11) is 1.89. The Hall–Kier alpha value is -2.34. The van der Waals surface area contributed by atoms with E-state index in [4.69, 9.17) is 4.99 Å². The molecule has 0 saturated heterocycles. The highest BCUT2D eigenvalue weighted by molar-refractivity contribution is 7.07. The molecule has 0 radical (unpaired) electrons. The standard InChI is InChI=1S/C18H22N4OS/c1-5-11-21-13(2)12-24-18(21)19-16-14(3)20(4)22(17(16)23)15-9-7-6-8-10-15/h6-10,12H,5,11H2,1-4H3. The minimum absolute atomic E-state index is 0.0877. The van der Waals surface area contributed by atoms with E-state index in [-0.39, 0.29) is 5.56 Å². The van der Waals surface area contributed by atoms with Gasteiger partial charge in [0.15, 0.2) is 10.5 Å². The number of para-hydroxylation sites is 1. The molecule has 0 bridgehead atoms. The Labute approximate surface area is 145 Å². The lowest BCUT2D eigenvalue weighted by Crippen LogP contribution is -2.20. The molecule has 6 heteroatoms. The summed E-state index contributed by atoms with van der Waals surface area (Å²) >= 11 is 1.58. The second kappa shape index (κ2) is 6.65. The fourth-order valence-corrected chi connectivity index (χ4v) is 3.69. The van der Waals surface area contributed by atoms with Gasteiger partial charge in [0.2, 0.25) is 0 Å². The van der Waals surface area contributed by atoms with Gasteiger partial charge in [-0.1, -0.05) is 25.1 Å². The summed E-state index contributed by atoms with van der Waals surface area (Å²) in [5.41, 5.74) is 3.30. The van der Waals surface area contributed by atoms with Crippen molar-refractivity contribution in [1.29, 1.82) is 0 Å². The van der Waals surface area contributed by atoms with Gasteiger partial charge in [0.1, 0.15) is 0 Å². The van der Waals surface area contributed by atoms with Crippen molar-refractivity contribution in [2.45, 2.75) is 33.7 Å². The fourth-order valence-electron chi connectivity index (χ4n) is 2.78. The average Bonchev–Trinajstić information content (AvgIpc) is 3.03. The summed E-state index contributed by atoms with van der Waals surface area (Å²) in [6, 6.07) is 9.66. The van der Waals surface area contributed by atoms with Crippen LogP contribution in [0.4, 0.5) is 5.69 Å². The highest BCUT2D eigenvalue weighted by Crippen LogP contribution is 2.16. The van der Waals surface area contributed by atoms with Crippen molar-refractivity contribution in [3.05, 3.63) is 62.3 Å². The fraction of sp³-hybridized carbons (Fsp3) is 0.333. The van der Waals surface area contributed by atoms with Crippen molar-refractivity contribution >= 4 is 17.0 Å². The van der Waals surface area contributed by atoms with E-state index in [2.05, 4.69) is 23.8 Å². The predicted molar refractivity (Wildman–Crippen MR) is 98.3 cm³/mol. The van der Waals surface area contributed by atoms with Crippen LogP contribution in [0.25, 0.3) is 5.69 Å². The Kier molecular flexibility index (Phi) is 4.57. The normalized spacial score (nSPS) is 12.1. The molecule has 0 saturated carbocycles. The van der Waals surface area contributed by atoms with Crippen molar-refractivity contribution in [2.24, 2.45) is 12.0 Å². The van der Waals surface area contributed by atoms with Crippen molar-refractivity contribution < 1.29 is 0 Å². The number of thiazole rings is 1. The summed E-state index contributed by atoms with van der Waals surface area (Å²) in [6.07, 6.45) is 1.03. The predicted octanol–water partition coefficient (Wildman–Crippen LogP) is 3.30. The Bertz CT molecular complexity index is 973. The molecule has 0 atom stereocenters. The highest BCUT2D eigenvalue weighted by atomic mass is 32.1. The SMILES string of the molecule is CCCn1c(C)csc1=Nc1c(C)n(C)n(-c2ccccc2)c1=O. The summed E-state index contributed by atoms with van der Waals surface area (Å²) in [6.45, 7) is 7.06. The molecule has 126 valence electrons. The van der Waals surface area contributed by atoms with Crippen LogP contribution in [0, 0.1) is 13.8 Å². The first kappa shape index (κ1) is 16.5. The molecule has 0 spiro atoms. The van der Waals surface area contributed by atoms with Gasteiger partial charge in [0, 0.05) is 24.7 Å². The van der Waals surface area contributed by atoms with Gasteiger partial charge in [-0.3, -0.25) is 9.48 Å². The third-order valence-corrected chi connectivity index (χ3v) is 5.15. The maximum Gasteiger partial charge on any atom is 0.297 e. The van der Waals surface area contributed by atoms with Crippen LogP contribution >= 0.6 is 11.3 Å². The molecule has 3 rings (SSSR count). The summed E-state index contributed by atoms with van der Waals surface area (Å²) in [5.74, 6) is 0. The van der Waals surface area contributed by atoms with Crippen LogP contribution in [0.15, 0.2) is 45.5 Å². The highest BCUT2D eigenvalue weighted by Gasteiger charge is 2.15. The van der Waals surface area contributed by atoms with Crippen LogP contribution in [-0.2, 0) is 13.6 Å². The van der Waals surface area contributed by atoms with Crippen LogP contribution < -0.4 is 10.4 Å². The number of hydrogen-bond donors (Lipinski definition) is 0. The van der Waals surface area contributed by atoms with Crippen molar-refractivity contribution in [2.75, 3.05) is 0 Å². The maximum absolute atomic E-state index is 12.9. The number of aryl methyl sites for hydroxylation is 1. The lowest BCUT2D eigenvalue weighted by Gasteiger charge is -2.07. The second-order valence-corrected chi connectivity index (χ2v) is 6.67. The Morgan fingerprint density at radius 3 is 2.54 bits per heavy atom. The van der Waals surface area contributed by atoms with Gasteiger partial charge in [-0.05, 0) is 32.4 Å². The van der Waals surface area contributed by atoms with Crippen LogP contribution in [-0.4, -0.2) is 13.9 Å². The summed E-state index contributed by atoms with van der Waals surface area (Å²) in [4.78, 5) is 18.5. The molecule has 0 unspecified atom stereocenters. The molecule has 2 aromatic heterocycles. The molecule has 2 heterocycles. The number of nitrogens with zero attached hydrogens (tertiary/aromatic N) is 4. The van der Waals surface area contributed by atoms with E-state index < -0.39 is 0 Å². The average molecular weight is 342 g/mol. The summed E-state index contributed by atoms with van der Waals surface area (Å²) in [5, 5.41) is 2.09. The first-order chi connectivity index (χ1) is 11.5. The van der Waals surface area contributed by atoms with Crippen LogP contribution in [0.5, 0.6) is 0 Å². The first-order valence-electron chi connectivity index (χ1n) is 8.08. The van der Waals surface area contributed by atoms with Crippen molar-refractivity contribution in [3.8, 4) is 5.69 Å². The lowest BCUT2D eigenvalue weighted by atomic mass is 10.3. The van der Waals surface area contributed by atoms with E-state index in [9.17, 15) is 4.79 Å². The van der Waals surface area contributed by atoms with Gasteiger partial charge in [-0.15, -0.1) is 11.3 Å². The van der Waals surface area contributed by atoms with Gasteiger partial charge in [-0.25, -0.2) is 9.67 Å². The Morgan fingerprint density at radius 1 is 1.17 bits per heavy atom. The number of rotatable bonds is 4. The number of hydrogen-bond acceptors (Lipinski definition) is 3. The van der Waals surface area contributed by atoms with Gasteiger partial charge in [0.25, 0.3) is 5.56 Å². The molecule has 0 N–H and O–H groups in total. The van der Waals surface area contributed by atoms with Crippen LogP contribution in [0.3, 0.4) is 0 Å². The van der Waals surface area contributed by atoms with Crippen LogP contribution in [0.2, 0.25) is 0 Å². The molecular weight excluding hydrogens is 320 g/mol. The quantitative estimate of drug-likeness (QED) is 0.717. The molecule has 3 aromatic rings. The zero-order valence-corrected chi connectivity index (χ0v) is 15.3. The minimum atomic E-state index is -0.0877. The van der Waals surface area contributed by atoms with E-state index in [1.54, 1.807) is 16.0 Å². The molecule has 0 amide bonds. The number of benzene rings is 1. The Morgan fingerprint density at radius 2 is 1.88 bits per heavy atom. The van der Waals surface area contributed by atoms with E-state index in [1.807, 2.05) is 49.0 Å².